The average Bonchev–Trinajstić information content (AvgIpc) is 3.06. The van der Waals surface area contributed by atoms with Crippen LogP contribution in [0.4, 0.5) is 17.6 Å². The Morgan fingerprint density at radius 2 is 1.79 bits per heavy atom. The molecule has 1 unspecified atom stereocenters. The third kappa shape index (κ3) is 4.95. The van der Waals surface area contributed by atoms with Gasteiger partial charge in [0.15, 0.2) is 5.82 Å². The van der Waals surface area contributed by atoms with Gasteiger partial charge in [-0.3, -0.25) is 4.79 Å². The van der Waals surface area contributed by atoms with E-state index >= 15 is 0 Å². The van der Waals surface area contributed by atoms with Crippen LogP contribution in [-0.2, 0) is 30.5 Å². The summed E-state index contributed by atoms with van der Waals surface area (Å²) in [5.41, 5.74) is 14.1. The molecule has 10 heteroatoms. The highest BCUT2D eigenvalue weighted by atomic mass is 16.4. The highest BCUT2D eigenvalue weighted by Gasteiger charge is 2.20. The van der Waals surface area contributed by atoms with E-state index in [4.69, 9.17) is 10.8 Å². The number of nitrogens with zero attached hydrogens (tertiary/aromatic N) is 5. The van der Waals surface area contributed by atoms with Crippen LogP contribution in [0.1, 0.15) is 41.5 Å². The zero-order valence-corrected chi connectivity index (χ0v) is 21.0. The molecular weight excluding hydrogens is 480 g/mol. The van der Waals surface area contributed by atoms with Crippen molar-refractivity contribution in [1.29, 1.82) is 0 Å². The van der Waals surface area contributed by atoms with Crippen LogP contribution < -0.4 is 16.4 Å². The van der Waals surface area contributed by atoms with Gasteiger partial charge in [-0.05, 0) is 85.4 Å². The number of hydrogen-bond donors (Lipinski definition) is 4. The van der Waals surface area contributed by atoms with Crippen LogP contribution >= 0.6 is 0 Å². The molecular formula is C28H30N8O2. The number of aromatic nitrogens is 5. The number of benzene rings is 2. The van der Waals surface area contributed by atoms with Crippen LogP contribution in [0, 0.1) is 0 Å². The maximum Gasteiger partial charge on any atom is 0.317 e. The first-order valence-electron chi connectivity index (χ1n) is 13.1. The van der Waals surface area contributed by atoms with Crippen molar-refractivity contribution in [2.75, 3.05) is 17.6 Å². The fourth-order valence-electron chi connectivity index (χ4n) is 5.47. The molecule has 5 N–H and O–H groups in total. The molecule has 2 heterocycles. The van der Waals surface area contributed by atoms with Gasteiger partial charge in [-0.2, -0.15) is 9.67 Å². The molecule has 0 spiro atoms. The SMILES string of the molecule is Nc1nc(Nc2ccc3c(c2)CCC(NCC(=O)O)CC3)nn1-c1cc2c(nn1)-c1ccccc1CCC2. The van der Waals surface area contributed by atoms with Gasteiger partial charge in [0.05, 0.1) is 12.2 Å². The third-order valence-corrected chi connectivity index (χ3v) is 7.40. The molecule has 1 atom stereocenters. The first-order valence-corrected chi connectivity index (χ1v) is 13.1. The molecule has 4 aromatic rings. The molecule has 2 aromatic carbocycles. The summed E-state index contributed by atoms with van der Waals surface area (Å²) in [6, 6.07) is 16.8. The summed E-state index contributed by atoms with van der Waals surface area (Å²) in [5, 5.41) is 29.0. The molecule has 6 rings (SSSR count). The lowest BCUT2D eigenvalue weighted by Crippen LogP contribution is -2.33. The number of nitrogen functional groups attached to an aromatic ring is 1. The normalized spacial score (nSPS) is 16.5. The van der Waals surface area contributed by atoms with Gasteiger partial charge >= 0.3 is 5.97 Å². The zero-order valence-electron chi connectivity index (χ0n) is 21.0. The van der Waals surface area contributed by atoms with Crippen molar-refractivity contribution < 1.29 is 9.90 Å². The number of carbonyl (C=O) groups is 1. The number of aliphatic carboxylic acids is 1. The second kappa shape index (κ2) is 10.2. The van der Waals surface area contributed by atoms with Crippen molar-refractivity contribution in [3.05, 3.63) is 70.8 Å². The smallest absolute Gasteiger partial charge is 0.317 e. The average molecular weight is 511 g/mol. The zero-order chi connectivity index (χ0) is 26.1. The molecule has 10 nitrogen and oxygen atoms in total. The molecule has 2 aromatic heterocycles. The van der Waals surface area contributed by atoms with E-state index in [1.807, 2.05) is 18.2 Å². The monoisotopic (exact) mass is 510 g/mol. The fourth-order valence-corrected chi connectivity index (χ4v) is 5.47. The lowest BCUT2D eigenvalue weighted by molar-refractivity contribution is -0.136. The number of rotatable bonds is 6. The van der Waals surface area contributed by atoms with Gasteiger partial charge in [0, 0.05) is 17.3 Å². The van der Waals surface area contributed by atoms with Gasteiger partial charge in [0.25, 0.3) is 0 Å². The van der Waals surface area contributed by atoms with Gasteiger partial charge in [-0.1, -0.05) is 30.3 Å². The number of carboxylic acid groups (broad SMARTS) is 1. The summed E-state index contributed by atoms with van der Waals surface area (Å²) >= 11 is 0. The minimum atomic E-state index is -0.827. The van der Waals surface area contributed by atoms with E-state index in [0.29, 0.717) is 11.8 Å². The highest BCUT2D eigenvalue weighted by molar-refractivity contribution is 5.69. The van der Waals surface area contributed by atoms with Crippen molar-refractivity contribution >= 4 is 23.6 Å². The molecule has 0 amide bonds. The summed E-state index contributed by atoms with van der Waals surface area (Å²) in [5.74, 6) is 0.340. The van der Waals surface area contributed by atoms with E-state index in [-0.39, 0.29) is 18.5 Å². The fraction of sp³-hybridized carbons (Fsp3) is 0.321. The third-order valence-electron chi connectivity index (χ3n) is 7.40. The molecule has 0 aliphatic heterocycles. The van der Waals surface area contributed by atoms with Crippen LogP contribution in [0.5, 0.6) is 0 Å². The highest BCUT2D eigenvalue weighted by Crippen LogP contribution is 2.31. The van der Waals surface area contributed by atoms with Gasteiger partial charge in [-0.15, -0.1) is 15.3 Å². The first-order chi connectivity index (χ1) is 18.5. The van der Waals surface area contributed by atoms with Gasteiger partial charge in [0.1, 0.15) is 0 Å². The minimum absolute atomic E-state index is 0.00847. The lowest BCUT2D eigenvalue weighted by Gasteiger charge is -2.14. The van der Waals surface area contributed by atoms with E-state index in [2.05, 4.69) is 61.2 Å². The summed E-state index contributed by atoms with van der Waals surface area (Å²) in [4.78, 5) is 15.3. The van der Waals surface area contributed by atoms with E-state index in [0.717, 1.165) is 67.5 Å². The number of nitrogens with two attached hydrogens (primary N) is 1. The van der Waals surface area contributed by atoms with Crippen LogP contribution in [-0.4, -0.2) is 48.6 Å². The summed E-state index contributed by atoms with van der Waals surface area (Å²) in [7, 11) is 0. The molecule has 38 heavy (non-hydrogen) atoms. The van der Waals surface area contributed by atoms with E-state index < -0.39 is 5.97 Å². The van der Waals surface area contributed by atoms with Crippen LogP contribution in [0.3, 0.4) is 0 Å². The maximum atomic E-state index is 10.9. The maximum absolute atomic E-state index is 10.9. The Kier molecular flexibility index (Phi) is 6.47. The molecule has 0 fully saturated rings. The molecule has 0 radical (unpaired) electrons. The Bertz CT molecular complexity index is 1500. The number of hydrogen-bond acceptors (Lipinski definition) is 8. The lowest BCUT2D eigenvalue weighted by atomic mass is 10.0. The quantitative estimate of drug-likeness (QED) is 0.287. The molecule has 2 aliphatic rings. The van der Waals surface area contributed by atoms with Crippen LogP contribution in [0.25, 0.3) is 17.1 Å². The van der Waals surface area contributed by atoms with Crippen LogP contribution in [0.2, 0.25) is 0 Å². The van der Waals surface area contributed by atoms with E-state index in [9.17, 15) is 4.79 Å². The Balaban J connectivity index is 1.20. The minimum Gasteiger partial charge on any atom is -0.480 e. The van der Waals surface area contributed by atoms with Gasteiger partial charge in [-0.25, -0.2) is 0 Å². The second-order valence-electron chi connectivity index (χ2n) is 9.95. The summed E-state index contributed by atoms with van der Waals surface area (Å²) < 4.78 is 1.52. The number of aryl methyl sites for hydroxylation is 4. The second-order valence-corrected chi connectivity index (χ2v) is 9.95. The van der Waals surface area contributed by atoms with Crippen molar-refractivity contribution in [2.45, 2.75) is 51.0 Å². The predicted molar refractivity (Wildman–Crippen MR) is 145 cm³/mol. The summed E-state index contributed by atoms with van der Waals surface area (Å²) in [6.45, 7) is -0.00847. The number of fused-ring (bicyclic) bond motifs is 4. The molecule has 0 saturated carbocycles. The molecule has 0 saturated heterocycles. The molecule has 2 aliphatic carbocycles. The Hall–Kier alpha value is -4.31. The largest absolute Gasteiger partial charge is 0.480 e. The number of carboxylic acids is 1. The van der Waals surface area contributed by atoms with E-state index in [1.54, 1.807) is 0 Å². The Morgan fingerprint density at radius 3 is 2.66 bits per heavy atom. The van der Waals surface area contributed by atoms with Crippen molar-refractivity contribution in [2.24, 2.45) is 0 Å². The predicted octanol–water partition coefficient (Wildman–Crippen LogP) is 3.46. The van der Waals surface area contributed by atoms with Crippen molar-refractivity contribution in [3.63, 3.8) is 0 Å². The number of anilines is 3. The topological polar surface area (TPSA) is 144 Å². The van der Waals surface area contributed by atoms with Gasteiger partial charge in [0.2, 0.25) is 11.9 Å². The Morgan fingerprint density at radius 1 is 0.974 bits per heavy atom. The number of nitrogens with one attached hydrogen (secondary N) is 2. The standard InChI is InChI=1S/C28H30N8O2/c29-27-32-28(31-22-13-9-17-8-11-21(30-16-25(37)38)12-10-19(17)14-22)35-36(27)24-15-20-6-3-5-18-4-1-2-7-23(18)26(20)34-33-24/h1-2,4,7,9,13-15,21,30H,3,5-6,8,10-12,16H2,(H,37,38)(H3,29,31,32,35). The van der Waals surface area contributed by atoms with Crippen molar-refractivity contribution in [1.82, 2.24) is 30.3 Å². The van der Waals surface area contributed by atoms with E-state index in [1.165, 1.54) is 21.4 Å². The van der Waals surface area contributed by atoms with Crippen LogP contribution in [0.15, 0.2) is 48.5 Å². The Labute approximate surface area is 220 Å². The van der Waals surface area contributed by atoms with Gasteiger partial charge < -0.3 is 21.5 Å². The van der Waals surface area contributed by atoms with Crippen molar-refractivity contribution in [3.8, 4) is 17.1 Å². The molecule has 194 valence electrons. The first kappa shape index (κ1) is 24.1. The molecule has 0 bridgehead atoms. The summed E-state index contributed by atoms with van der Waals surface area (Å²) in [6.07, 6.45) is 6.57.